The van der Waals surface area contributed by atoms with Crippen LogP contribution in [0.2, 0.25) is 5.02 Å². The third-order valence-corrected chi connectivity index (χ3v) is 6.66. The van der Waals surface area contributed by atoms with Gasteiger partial charge < -0.3 is 0 Å². The van der Waals surface area contributed by atoms with E-state index in [1.165, 1.54) is 10.4 Å². The first-order valence-corrected chi connectivity index (χ1v) is 8.09. The van der Waals surface area contributed by atoms with Gasteiger partial charge in [-0.25, -0.2) is 8.42 Å². The summed E-state index contributed by atoms with van der Waals surface area (Å²) in [6.45, 7) is 4.45. The molecule has 0 radical (unpaired) electrons. The van der Waals surface area contributed by atoms with Gasteiger partial charge in [-0.15, -0.1) is 11.3 Å². The second-order valence-electron chi connectivity index (χ2n) is 3.87. The van der Waals surface area contributed by atoms with Crippen LogP contribution in [0.4, 0.5) is 0 Å². The zero-order chi connectivity index (χ0) is 12.5. The molecular formula is C9H13BrClNO2S2. The number of thiophene rings is 1. The Balaban J connectivity index is 3.02. The van der Waals surface area contributed by atoms with Crippen molar-refractivity contribution in [2.75, 3.05) is 13.6 Å². The first-order chi connectivity index (χ1) is 7.25. The average Bonchev–Trinajstić information content (AvgIpc) is 2.46. The Morgan fingerprint density at radius 1 is 1.56 bits per heavy atom. The molecule has 0 atom stereocenters. The van der Waals surface area contributed by atoms with Gasteiger partial charge in [-0.2, -0.15) is 4.31 Å². The van der Waals surface area contributed by atoms with Crippen LogP contribution in [-0.2, 0) is 10.0 Å². The molecule has 3 nitrogen and oxygen atoms in total. The van der Waals surface area contributed by atoms with Gasteiger partial charge in [0.15, 0.2) is 0 Å². The van der Waals surface area contributed by atoms with Gasteiger partial charge in [0.05, 0.1) is 8.81 Å². The Hall–Kier alpha value is 0.380. The van der Waals surface area contributed by atoms with Crippen molar-refractivity contribution in [1.82, 2.24) is 4.31 Å². The van der Waals surface area contributed by atoms with Crippen LogP contribution in [0.1, 0.15) is 13.8 Å². The predicted molar refractivity (Wildman–Crippen MR) is 71.7 cm³/mol. The van der Waals surface area contributed by atoms with Gasteiger partial charge in [0, 0.05) is 13.6 Å². The molecule has 0 aliphatic carbocycles. The summed E-state index contributed by atoms with van der Waals surface area (Å²) in [6.07, 6.45) is 0. The van der Waals surface area contributed by atoms with E-state index < -0.39 is 10.0 Å². The van der Waals surface area contributed by atoms with Gasteiger partial charge in [0.2, 0.25) is 0 Å². The lowest BCUT2D eigenvalue weighted by Gasteiger charge is -2.17. The third kappa shape index (κ3) is 3.20. The third-order valence-electron chi connectivity index (χ3n) is 1.91. The van der Waals surface area contributed by atoms with Crippen LogP contribution in [0.25, 0.3) is 0 Å². The van der Waals surface area contributed by atoms with E-state index in [0.29, 0.717) is 21.3 Å². The van der Waals surface area contributed by atoms with Crippen LogP contribution in [-0.4, -0.2) is 26.3 Å². The van der Waals surface area contributed by atoms with E-state index in [9.17, 15) is 8.42 Å². The number of hydrogen-bond acceptors (Lipinski definition) is 3. The van der Waals surface area contributed by atoms with Crippen molar-refractivity contribution in [3.8, 4) is 0 Å². The molecule has 0 saturated heterocycles. The standard InChI is InChI=1S/C9H13BrClNO2S2/c1-6(2)5-12(3)16(13,14)8-4-7(11)9(10)15-8/h4,6H,5H2,1-3H3. The van der Waals surface area contributed by atoms with Crippen LogP contribution in [0.5, 0.6) is 0 Å². The molecular weight excluding hydrogens is 334 g/mol. The highest BCUT2D eigenvalue weighted by molar-refractivity contribution is 9.11. The molecule has 1 heterocycles. The van der Waals surface area contributed by atoms with Gasteiger partial charge >= 0.3 is 0 Å². The second-order valence-corrected chi connectivity index (χ2v) is 8.92. The number of hydrogen-bond donors (Lipinski definition) is 0. The number of sulfonamides is 1. The molecule has 1 aromatic rings. The van der Waals surface area contributed by atoms with Gasteiger partial charge in [-0.1, -0.05) is 25.4 Å². The minimum atomic E-state index is -3.40. The van der Waals surface area contributed by atoms with Gasteiger partial charge in [-0.3, -0.25) is 0 Å². The summed E-state index contributed by atoms with van der Waals surface area (Å²) in [7, 11) is -1.82. The summed E-state index contributed by atoms with van der Waals surface area (Å²) >= 11 is 10.2. The molecule has 0 spiro atoms. The van der Waals surface area contributed by atoms with Crippen molar-refractivity contribution in [1.29, 1.82) is 0 Å². The monoisotopic (exact) mass is 345 g/mol. The lowest BCUT2D eigenvalue weighted by molar-refractivity contribution is 0.418. The van der Waals surface area contributed by atoms with Crippen molar-refractivity contribution in [3.63, 3.8) is 0 Å². The zero-order valence-electron chi connectivity index (χ0n) is 9.20. The molecule has 1 rings (SSSR count). The second kappa shape index (κ2) is 5.35. The SMILES string of the molecule is CC(C)CN(C)S(=O)(=O)c1cc(Cl)c(Br)s1. The van der Waals surface area contributed by atoms with Crippen LogP contribution in [0, 0.1) is 5.92 Å². The largest absolute Gasteiger partial charge is 0.252 e. The number of halogens is 2. The molecule has 0 bridgehead atoms. The average molecular weight is 347 g/mol. The fraction of sp³-hybridized carbons (Fsp3) is 0.556. The van der Waals surface area contributed by atoms with Crippen molar-refractivity contribution in [2.24, 2.45) is 5.92 Å². The smallest absolute Gasteiger partial charge is 0.206 e. The van der Waals surface area contributed by atoms with Crippen molar-refractivity contribution >= 4 is 48.9 Å². The maximum absolute atomic E-state index is 12.1. The fourth-order valence-electron chi connectivity index (χ4n) is 1.22. The molecule has 7 heteroatoms. The molecule has 1 aromatic heterocycles. The van der Waals surface area contributed by atoms with E-state index >= 15 is 0 Å². The molecule has 0 saturated carbocycles. The van der Waals surface area contributed by atoms with E-state index in [0.717, 1.165) is 11.3 Å². The normalized spacial score (nSPS) is 12.7. The van der Waals surface area contributed by atoms with E-state index in [-0.39, 0.29) is 4.21 Å². The van der Waals surface area contributed by atoms with E-state index in [1.54, 1.807) is 7.05 Å². The zero-order valence-corrected chi connectivity index (χ0v) is 13.2. The fourth-order valence-corrected chi connectivity index (χ4v) is 5.16. The predicted octanol–water partition coefficient (Wildman–Crippen LogP) is 3.44. The van der Waals surface area contributed by atoms with Crippen LogP contribution >= 0.6 is 38.9 Å². The van der Waals surface area contributed by atoms with Crippen molar-refractivity contribution in [2.45, 2.75) is 18.1 Å². The van der Waals surface area contributed by atoms with Gasteiger partial charge in [0.25, 0.3) is 10.0 Å². The van der Waals surface area contributed by atoms with Crippen LogP contribution in [0.3, 0.4) is 0 Å². The Bertz CT molecular complexity index is 450. The lowest BCUT2D eigenvalue weighted by Crippen LogP contribution is -2.29. The first-order valence-electron chi connectivity index (χ1n) is 4.66. The van der Waals surface area contributed by atoms with E-state index in [4.69, 9.17) is 11.6 Å². The molecule has 0 aromatic carbocycles. The van der Waals surface area contributed by atoms with Gasteiger partial charge in [0.1, 0.15) is 4.21 Å². The summed E-state index contributed by atoms with van der Waals surface area (Å²) in [4.78, 5) is 0. The molecule has 0 unspecified atom stereocenters. The molecule has 0 N–H and O–H groups in total. The van der Waals surface area contributed by atoms with Crippen LogP contribution in [0.15, 0.2) is 14.1 Å². The number of nitrogens with zero attached hydrogens (tertiary/aromatic N) is 1. The van der Waals surface area contributed by atoms with Crippen molar-refractivity contribution in [3.05, 3.63) is 14.9 Å². The first kappa shape index (κ1) is 14.4. The Labute approximate surface area is 114 Å². The quantitative estimate of drug-likeness (QED) is 0.837. The summed E-state index contributed by atoms with van der Waals surface area (Å²) in [5, 5.41) is 0.432. The van der Waals surface area contributed by atoms with Crippen LogP contribution < -0.4 is 0 Å². The molecule has 92 valence electrons. The van der Waals surface area contributed by atoms with Crippen molar-refractivity contribution < 1.29 is 8.42 Å². The maximum Gasteiger partial charge on any atom is 0.252 e. The lowest BCUT2D eigenvalue weighted by atomic mass is 10.2. The topological polar surface area (TPSA) is 37.4 Å². The van der Waals surface area contributed by atoms with E-state index in [2.05, 4.69) is 15.9 Å². The Morgan fingerprint density at radius 2 is 2.12 bits per heavy atom. The highest BCUT2D eigenvalue weighted by Crippen LogP contribution is 2.35. The summed E-state index contributed by atoms with van der Waals surface area (Å²) in [5.74, 6) is 0.290. The summed E-state index contributed by atoms with van der Waals surface area (Å²) in [6, 6.07) is 1.47. The minimum Gasteiger partial charge on any atom is -0.206 e. The summed E-state index contributed by atoms with van der Waals surface area (Å²) in [5.41, 5.74) is 0. The molecule has 0 amide bonds. The maximum atomic E-state index is 12.1. The molecule has 16 heavy (non-hydrogen) atoms. The van der Waals surface area contributed by atoms with Gasteiger partial charge in [-0.05, 0) is 27.9 Å². The molecule has 0 aliphatic rings. The highest BCUT2D eigenvalue weighted by Gasteiger charge is 2.24. The number of rotatable bonds is 4. The Morgan fingerprint density at radius 3 is 2.50 bits per heavy atom. The summed E-state index contributed by atoms with van der Waals surface area (Å²) < 4.78 is 26.4. The highest BCUT2D eigenvalue weighted by atomic mass is 79.9. The Kier molecular flexibility index (Phi) is 4.83. The van der Waals surface area contributed by atoms with E-state index in [1.807, 2.05) is 13.8 Å². The minimum absolute atomic E-state index is 0.271. The molecule has 0 fully saturated rings. The molecule has 0 aliphatic heterocycles.